The lowest BCUT2D eigenvalue weighted by atomic mass is 9.84. The van der Waals surface area contributed by atoms with Gasteiger partial charge in [-0.1, -0.05) is 12.8 Å². The lowest BCUT2D eigenvalue weighted by Crippen LogP contribution is -2.46. The van der Waals surface area contributed by atoms with Crippen molar-refractivity contribution in [2.45, 2.75) is 44.2 Å². The van der Waals surface area contributed by atoms with Gasteiger partial charge in [-0.05, 0) is 19.3 Å². The van der Waals surface area contributed by atoms with Crippen LogP contribution in [0.5, 0.6) is 0 Å². The molecule has 1 heterocycles. The van der Waals surface area contributed by atoms with Crippen LogP contribution in [0.25, 0.3) is 0 Å². The molecule has 3 unspecified atom stereocenters. The van der Waals surface area contributed by atoms with Crippen molar-refractivity contribution >= 4 is 5.91 Å². The number of nitrogens with two attached hydrogens (primary N) is 1. The summed E-state index contributed by atoms with van der Waals surface area (Å²) in [6, 6.07) is -0.0592. The topological polar surface area (TPSA) is 66.6 Å². The number of amides is 1. The molecule has 1 amide bonds. The van der Waals surface area contributed by atoms with E-state index in [0.29, 0.717) is 0 Å². The first-order chi connectivity index (χ1) is 7.24. The maximum Gasteiger partial charge on any atom is 0.239 e. The van der Waals surface area contributed by atoms with Crippen LogP contribution in [0.1, 0.15) is 32.1 Å². The van der Waals surface area contributed by atoms with Gasteiger partial charge in [0.25, 0.3) is 0 Å². The number of aliphatic hydroxyl groups excluding tert-OH is 1. The molecular weight excluding hydrogens is 192 g/mol. The number of carbonyl (C=O) groups is 1. The minimum Gasteiger partial charge on any atom is -0.396 e. The summed E-state index contributed by atoms with van der Waals surface area (Å²) in [4.78, 5) is 13.7. The molecule has 4 nitrogen and oxygen atoms in total. The Hall–Kier alpha value is -0.610. The molecule has 1 saturated carbocycles. The quantitative estimate of drug-likeness (QED) is 0.682. The van der Waals surface area contributed by atoms with Crippen LogP contribution in [0, 0.1) is 5.92 Å². The van der Waals surface area contributed by atoms with Crippen LogP contribution in [0.15, 0.2) is 0 Å². The average Bonchev–Trinajstić information content (AvgIpc) is 2.60. The van der Waals surface area contributed by atoms with Crippen molar-refractivity contribution in [1.29, 1.82) is 0 Å². The van der Waals surface area contributed by atoms with E-state index in [-0.39, 0.29) is 30.5 Å². The minimum atomic E-state index is -0.300. The van der Waals surface area contributed by atoms with Gasteiger partial charge in [-0.2, -0.15) is 0 Å². The number of carbonyl (C=O) groups excluding carboxylic acids is 1. The summed E-state index contributed by atoms with van der Waals surface area (Å²) < 4.78 is 0. The van der Waals surface area contributed by atoms with Gasteiger partial charge >= 0.3 is 0 Å². The second-order valence-corrected chi connectivity index (χ2v) is 4.72. The lowest BCUT2D eigenvalue weighted by Gasteiger charge is -2.37. The Bertz CT molecular complexity index is 245. The molecule has 1 aliphatic carbocycles. The molecule has 0 radical (unpaired) electrons. The van der Waals surface area contributed by atoms with Crippen LogP contribution in [0.2, 0.25) is 0 Å². The van der Waals surface area contributed by atoms with Gasteiger partial charge in [-0.25, -0.2) is 0 Å². The molecule has 15 heavy (non-hydrogen) atoms. The molecule has 86 valence electrons. The summed E-state index contributed by atoms with van der Waals surface area (Å²) in [5, 5.41) is 9.30. The highest BCUT2D eigenvalue weighted by atomic mass is 16.3. The third kappa shape index (κ3) is 2.01. The predicted octanol–water partition coefficient (Wildman–Crippen LogP) is 0.0971. The van der Waals surface area contributed by atoms with E-state index in [4.69, 9.17) is 5.73 Å². The molecule has 3 atom stereocenters. The maximum atomic E-state index is 11.8. The zero-order valence-electron chi connectivity index (χ0n) is 9.06. The van der Waals surface area contributed by atoms with Crippen molar-refractivity contribution in [2.75, 3.05) is 13.2 Å². The van der Waals surface area contributed by atoms with Gasteiger partial charge in [-0.3, -0.25) is 4.79 Å². The number of hydrogen-bond donors (Lipinski definition) is 2. The van der Waals surface area contributed by atoms with Crippen molar-refractivity contribution < 1.29 is 9.90 Å². The summed E-state index contributed by atoms with van der Waals surface area (Å²) in [5.41, 5.74) is 5.71. The Kier molecular flexibility index (Phi) is 3.26. The zero-order valence-corrected chi connectivity index (χ0v) is 9.06. The number of rotatable bonds is 2. The fourth-order valence-electron chi connectivity index (χ4n) is 2.87. The highest BCUT2D eigenvalue weighted by Crippen LogP contribution is 2.30. The smallest absolute Gasteiger partial charge is 0.239 e. The maximum absolute atomic E-state index is 11.8. The normalized spacial score (nSPS) is 37.3. The van der Waals surface area contributed by atoms with Crippen LogP contribution in [-0.4, -0.2) is 41.1 Å². The second-order valence-electron chi connectivity index (χ2n) is 4.72. The largest absolute Gasteiger partial charge is 0.396 e. The molecule has 3 N–H and O–H groups in total. The molecule has 4 heteroatoms. The third-order valence-corrected chi connectivity index (χ3v) is 3.79. The van der Waals surface area contributed by atoms with Gasteiger partial charge in [0, 0.05) is 25.1 Å². The fourth-order valence-corrected chi connectivity index (χ4v) is 2.87. The number of hydrogen-bond acceptors (Lipinski definition) is 3. The van der Waals surface area contributed by atoms with Crippen LogP contribution >= 0.6 is 0 Å². The molecule has 0 aromatic rings. The van der Waals surface area contributed by atoms with E-state index in [1.54, 1.807) is 0 Å². The van der Waals surface area contributed by atoms with Gasteiger partial charge in [0.1, 0.15) is 0 Å². The van der Waals surface area contributed by atoms with Gasteiger partial charge in [0.2, 0.25) is 5.91 Å². The Morgan fingerprint density at radius 3 is 2.67 bits per heavy atom. The molecule has 2 rings (SSSR count). The Morgan fingerprint density at radius 2 is 2.07 bits per heavy atom. The predicted molar refractivity (Wildman–Crippen MR) is 57.1 cm³/mol. The first kappa shape index (κ1) is 10.9. The minimum absolute atomic E-state index is 0.0837. The average molecular weight is 212 g/mol. The number of likely N-dealkylation sites (tertiary alicyclic amines) is 1. The fraction of sp³-hybridized carbons (Fsp3) is 0.909. The monoisotopic (exact) mass is 212 g/mol. The van der Waals surface area contributed by atoms with E-state index in [0.717, 1.165) is 25.8 Å². The van der Waals surface area contributed by atoms with E-state index in [9.17, 15) is 9.90 Å². The highest BCUT2D eigenvalue weighted by Gasteiger charge is 2.37. The summed E-state index contributed by atoms with van der Waals surface area (Å²) in [6.07, 6.45) is 5.19. The molecule has 2 aliphatic rings. The van der Waals surface area contributed by atoms with Crippen molar-refractivity contribution in [3.8, 4) is 0 Å². The Morgan fingerprint density at radius 1 is 1.33 bits per heavy atom. The SMILES string of the molecule is NC1CCN(C2CCCCC2CO)C1=O. The van der Waals surface area contributed by atoms with Crippen molar-refractivity contribution in [2.24, 2.45) is 11.7 Å². The van der Waals surface area contributed by atoms with E-state index < -0.39 is 0 Å². The highest BCUT2D eigenvalue weighted by molar-refractivity contribution is 5.84. The molecule has 0 aromatic carbocycles. The number of nitrogens with zero attached hydrogens (tertiary/aromatic N) is 1. The molecule has 0 spiro atoms. The molecule has 0 bridgehead atoms. The van der Waals surface area contributed by atoms with Crippen LogP contribution in [0.3, 0.4) is 0 Å². The number of aliphatic hydroxyl groups is 1. The van der Waals surface area contributed by atoms with Crippen molar-refractivity contribution in [1.82, 2.24) is 4.90 Å². The van der Waals surface area contributed by atoms with Crippen molar-refractivity contribution in [3.63, 3.8) is 0 Å². The first-order valence-corrected chi connectivity index (χ1v) is 5.91. The molecule has 1 saturated heterocycles. The van der Waals surface area contributed by atoms with E-state index in [1.165, 1.54) is 12.8 Å². The standard InChI is InChI=1S/C11H20N2O2/c12-9-5-6-13(11(9)15)10-4-2-1-3-8(10)7-14/h8-10,14H,1-7,12H2. The van der Waals surface area contributed by atoms with Gasteiger partial charge in [0.15, 0.2) is 0 Å². The summed E-state index contributed by atoms with van der Waals surface area (Å²) >= 11 is 0. The molecular formula is C11H20N2O2. The first-order valence-electron chi connectivity index (χ1n) is 5.91. The van der Waals surface area contributed by atoms with Gasteiger partial charge in [0.05, 0.1) is 6.04 Å². The van der Waals surface area contributed by atoms with E-state index >= 15 is 0 Å². The second kappa shape index (κ2) is 4.49. The zero-order chi connectivity index (χ0) is 10.8. The van der Waals surface area contributed by atoms with Crippen molar-refractivity contribution in [3.05, 3.63) is 0 Å². The Balaban J connectivity index is 2.04. The van der Waals surface area contributed by atoms with Crippen LogP contribution in [-0.2, 0) is 4.79 Å². The van der Waals surface area contributed by atoms with E-state index in [1.807, 2.05) is 4.90 Å². The summed E-state index contributed by atoms with van der Waals surface area (Å²) in [6.45, 7) is 0.977. The third-order valence-electron chi connectivity index (χ3n) is 3.79. The summed E-state index contributed by atoms with van der Waals surface area (Å²) in [7, 11) is 0. The molecule has 1 aliphatic heterocycles. The van der Waals surface area contributed by atoms with Gasteiger partial charge in [-0.15, -0.1) is 0 Å². The van der Waals surface area contributed by atoms with Crippen LogP contribution < -0.4 is 5.73 Å². The Labute approximate surface area is 90.4 Å². The summed E-state index contributed by atoms with van der Waals surface area (Å²) in [5.74, 6) is 0.355. The van der Waals surface area contributed by atoms with Crippen LogP contribution in [0.4, 0.5) is 0 Å². The van der Waals surface area contributed by atoms with Gasteiger partial charge < -0.3 is 15.7 Å². The molecule has 0 aromatic heterocycles. The van der Waals surface area contributed by atoms with E-state index in [2.05, 4.69) is 0 Å². The molecule has 2 fully saturated rings. The lowest BCUT2D eigenvalue weighted by molar-refractivity contribution is -0.132.